The van der Waals surface area contributed by atoms with Gasteiger partial charge < -0.3 is 15.8 Å². The molecule has 1 aliphatic carbocycles. The molecule has 3 aliphatic rings. The van der Waals surface area contributed by atoms with Crippen molar-refractivity contribution in [1.82, 2.24) is 15.2 Å². The summed E-state index contributed by atoms with van der Waals surface area (Å²) in [5.74, 6) is 0.174. The van der Waals surface area contributed by atoms with E-state index in [0.717, 1.165) is 56.8 Å². The molecule has 3 heterocycles. The molecule has 1 spiro atoms. The lowest BCUT2D eigenvalue weighted by Crippen LogP contribution is -2.65. The Balaban J connectivity index is 1.24. The zero-order valence-electron chi connectivity index (χ0n) is 17.4. The zero-order valence-corrected chi connectivity index (χ0v) is 17.4. The van der Waals surface area contributed by atoms with Gasteiger partial charge in [0.25, 0.3) is 5.91 Å². The molecule has 1 amide bonds. The number of carbonyl (C=O) groups excluding carboxylic acids is 1. The molecule has 0 radical (unpaired) electrons. The van der Waals surface area contributed by atoms with Gasteiger partial charge >= 0.3 is 0 Å². The number of anilines is 1. The van der Waals surface area contributed by atoms with Crippen LogP contribution in [0.2, 0.25) is 0 Å². The van der Waals surface area contributed by atoms with Gasteiger partial charge in [-0.1, -0.05) is 43.5 Å². The first-order valence-electron chi connectivity index (χ1n) is 11.1. The lowest BCUT2D eigenvalue weighted by molar-refractivity contribution is -0.191. The van der Waals surface area contributed by atoms with Crippen molar-refractivity contribution in [2.45, 2.75) is 44.7 Å². The van der Waals surface area contributed by atoms with E-state index in [1.807, 2.05) is 6.07 Å². The number of pyridine rings is 1. The Morgan fingerprint density at radius 2 is 1.87 bits per heavy atom. The average Bonchev–Trinajstić information content (AvgIpc) is 2.70. The molecule has 1 aromatic heterocycles. The highest BCUT2D eigenvalue weighted by Gasteiger charge is 2.48. The van der Waals surface area contributed by atoms with Crippen LogP contribution in [0.3, 0.4) is 0 Å². The molecule has 158 valence electrons. The Labute approximate surface area is 177 Å². The summed E-state index contributed by atoms with van der Waals surface area (Å²) >= 11 is 0. The van der Waals surface area contributed by atoms with Crippen LogP contribution >= 0.6 is 0 Å². The lowest BCUT2D eigenvalue weighted by Gasteiger charge is -2.55. The van der Waals surface area contributed by atoms with E-state index in [0.29, 0.717) is 11.0 Å². The van der Waals surface area contributed by atoms with Gasteiger partial charge in [-0.2, -0.15) is 0 Å². The van der Waals surface area contributed by atoms with E-state index >= 15 is 0 Å². The summed E-state index contributed by atoms with van der Waals surface area (Å²) in [7, 11) is 0. The van der Waals surface area contributed by atoms with Crippen molar-refractivity contribution in [3.8, 4) is 11.1 Å². The predicted molar refractivity (Wildman–Crippen MR) is 117 cm³/mol. The number of likely N-dealkylation sites (tertiary alicyclic amines) is 1. The van der Waals surface area contributed by atoms with Gasteiger partial charge in [-0.25, -0.2) is 4.98 Å². The number of ether oxygens (including phenoxy) is 1. The van der Waals surface area contributed by atoms with Crippen LogP contribution in [0, 0.1) is 5.41 Å². The SMILES string of the molecule is Nc1ncc(-c2ccc(CN3CC4(COC4)C3)cc2)cc1C(=O)NC1CCCCC1. The Kier molecular flexibility index (Phi) is 5.21. The van der Waals surface area contributed by atoms with Gasteiger partial charge in [0.15, 0.2) is 0 Å². The summed E-state index contributed by atoms with van der Waals surface area (Å²) in [6.45, 7) is 5.08. The number of benzene rings is 1. The molecule has 3 N–H and O–H groups in total. The normalized spacial score (nSPS) is 21.1. The fourth-order valence-corrected chi connectivity index (χ4v) is 4.97. The van der Waals surface area contributed by atoms with E-state index in [1.165, 1.54) is 24.8 Å². The van der Waals surface area contributed by atoms with Crippen LogP contribution in [0.25, 0.3) is 11.1 Å². The standard InChI is InChI=1S/C24H30N4O2/c25-22-21(23(29)27-20-4-2-1-3-5-20)10-19(11-26-22)18-8-6-17(7-9-18)12-28-13-24(14-28)15-30-16-24/h6-11,20H,1-5,12-16H2,(H2,25,26)(H,27,29). The maximum absolute atomic E-state index is 12.8. The maximum Gasteiger partial charge on any atom is 0.255 e. The summed E-state index contributed by atoms with van der Waals surface area (Å²) in [6.07, 6.45) is 7.46. The van der Waals surface area contributed by atoms with Gasteiger partial charge in [0.2, 0.25) is 0 Å². The van der Waals surface area contributed by atoms with E-state index < -0.39 is 0 Å². The van der Waals surface area contributed by atoms with Crippen LogP contribution in [0.15, 0.2) is 36.5 Å². The Morgan fingerprint density at radius 1 is 1.13 bits per heavy atom. The molecule has 0 bridgehead atoms. The molecular formula is C24H30N4O2. The van der Waals surface area contributed by atoms with E-state index in [-0.39, 0.29) is 17.8 Å². The summed E-state index contributed by atoms with van der Waals surface area (Å²) in [6, 6.07) is 10.7. The number of rotatable bonds is 5. The molecule has 6 heteroatoms. The molecule has 3 fully saturated rings. The number of nitrogens with one attached hydrogen (secondary N) is 1. The number of aromatic nitrogens is 1. The number of nitrogens with zero attached hydrogens (tertiary/aromatic N) is 2. The highest BCUT2D eigenvalue weighted by molar-refractivity contribution is 5.99. The lowest BCUT2D eigenvalue weighted by atomic mass is 9.78. The van der Waals surface area contributed by atoms with Crippen LogP contribution in [-0.2, 0) is 11.3 Å². The second-order valence-electron chi connectivity index (χ2n) is 9.30. The van der Waals surface area contributed by atoms with Gasteiger partial charge in [0.05, 0.1) is 18.8 Å². The van der Waals surface area contributed by atoms with Crippen molar-refractivity contribution in [1.29, 1.82) is 0 Å². The van der Waals surface area contributed by atoms with Crippen molar-refractivity contribution in [2.24, 2.45) is 5.41 Å². The molecule has 2 aromatic rings. The second-order valence-corrected chi connectivity index (χ2v) is 9.30. The molecule has 1 aromatic carbocycles. The Bertz CT molecular complexity index is 909. The molecule has 1 saturated carbocycles. The van der Waals surface area contributed by atoms with Crippen molar-refractivity contribution in [2.75, 3.05) is 32.0 Å². The van der Waals surface area contributed by atoms with Crippen LogP contribution in [0.1, 0.15) is 48.0 Å². The third kappa shape index (κ3) is 3.94. The van der Waals surface area contributed by atoms with Crippen molar-refractivity contribution in [3.05, 3.63) is 47.7 Å². The Hall–Kier alpha value is -2.44. The number of carbonyl (C=O) groups is 1. The minimum atomic E-state index is -0.114. The van der Waals surface area contributed by atoms with E-state index in [4.69, 9.17) is 10.5 Å². The fraction of sp³-hybridized carbons (Fsp3) is 0.500. The second kappa shape index (κ2) is 8.00. The summed E-state index contributed by atoms with van der Waals surface area (Å²) in [4.78, 5) is 19.5. The van der Waals surface area contributed by atoms with Crippen LogP contribution < -0.4 is 11.1 Å². The van der Waals surface area contributed by atoms with Gasteiger partial charge in [-0.15, -0.1) is 0 Å². The number of nitrogens with two attached hydrogens (primary N) is 1. The van der Waals surface area contributed by atoms with Gasteiger partial charge in [-0.3, -0.25) is 9.69 Å². The largest absolute Gasteiger partial charge is 0.383 e. The smallest absolute Gasteiger partial charge is 0.255 e. The van der Waals surface area contributed by atoms with Crippen LogP contribution in [0.5, 0.6) is 0 Å². The first kappa shape index (κ1) is 19.5. The monoisotopic (exact) mass is 406 g/mol. The molecule has 5 rings (SSSR count). The topological polar surface area (TPSA) is 80.5 Å². The first-order valence-corrected chi connectivity index (χ1v) is 11.1. The molecule has 0 unspecified atom stereocenters. The third-order valence-corrected chi connectivity index (χ3v) is 6.73. The summed E-state index contributed by atoms with van der Waals surface area (Å²) < 4.78 is 5.35. The van der Waals surface area contributed by atoms with E-state index in [1.54, 1.807) is 6.20 Å². The molecule has 2 aliphatic heterocycles. The fourth-order valence-electron chi connectivity index (χ4n) is 4.97. The minimum absolute atomic E-state index is 0.114. The molecule has 6 nitrogen and oxygen atoms in total. The quantitative estimate of drug-likeness (QED) is 0.797. The van der Waals surface area contributed by atoms with E-state index in [9.17, 15) is 4.79 Å². The third-order valence-electron chi connectivity index (χ3n) is 6.73. The average molecular weight is 407 g/mol. The molecule has 2 saturated heterocycles. The van der Waals surface area contributed by atoms with Gasteiger partial charge in [0.1, 0.15) is 5.82 Å². The first-order chi connectivity index (χ1) is 14.6. The maximum atomic E-state index is 12.8. The summed E-state index contributed by atoms with van der Waals surface area (Å²) in [5, 5.41) is 3.14. The summed E-state index contributed by atoms with van der Waals surface area (Å²) in [5.41, 5.74) is 10.2. The van der Waals surface area contributed by atoms with Crippen LogP contribution in [0.4, 0.5) is 5.82 Å². The van der Waals surface area contributed by atoms with Crippen molar-refractivity contribution >= 4 is 11.7 Å². The zero-order chi connectivity index (χ0) is 20.6. The predicted octanol–water partition coefficient (Wildman–Crippen LogP) is 3.23. The van der Waals surface area contributed by atoms with Crippen molar-refractivity contribution in [3.63, 3.8) is 0 Å². The van der Waals surface area contributed by atoms with Crippen molar-refractivity contribution < 1.29 is 9.53 Å². The van der Waals surface area contributed by atoms with Crippen LogP contribution in [-0.4, -0.2) is 48.1 Å². The Morgan fingerprint density at radius 3 is 2.53 bits per heavy atom. The number of hydrogen-bond acceptors (Lipinski definition) is 5. The number of hydrogen-bond donors (Lipinski definition) is 2. The van der Waals surface area contributed by atoms with Gasteiger partial charge in [0, 0.05) is 42.9 Å². The highest BCUT2D eigenvalue weighted by atomic mass is 16.5. The highest BCUT2D eigenvalue weighted by Crippen LogP contribution is 2.38. The molecule has 0 atom stereocenters. The molecule has 30 heavy (non-hydrogen) atoms. The minimum Gasteiger partial charge on any atom is -0.383 e. The number of nitrogen functional groups attached to an aromatic ring is 1. The molecular weight excluding hydrogens is 376 g/mol. The number of amides is 1. The van der Waals surface area contributed by atoms with Gasteiger partial charge in [-0.05, 0) is 30.0 Å². The van der Waals surface area contributed by atoms with E-state index in [2.05, 4.69) is 39.5 Å².